The van der Waals surface area contributed by atoms with E-state index in [0.29, 0.717) is 36.7 Å². The van der Waals surface area contributed by atoms with Gasteiger partial charge < -0.3 is 15.5 Å². The Hall–Kier alpha value is -3.50. The van der Waals surface area contributed by atoms with Gasteiger partial charge in [-0.1, -0.05) is 42.8 Å². The number of hydrogen-bond donors (Lipinski definition) is 2. The highest BCUT2D eigenvalue weighted by molar-refractivity contribution is 7.25. The summed E-state index contributed by atoms with van der Waals surface area (Å²) in [4.78, 5) is 35.5. The second-order valence-electron chi connectivity index (χ2n) is 7.49. The second-order valence-corrected chi connectivity index (χ2v) is 10.4. The molecule has 0 amide bonds. The number of nitrogens with one attached hydrogen (secondary N) is 1. The van der Waals surface area contributed by atoms with Crippen molar-refractivity contribution in [1.82, 2.24) is 15.0 Å². The van der Waals surface area contributed by atoms with Crippen LogP contribution >= 0.6 is 45.9 Å². The molecule has 4 heterocycles. The van der Waals surface area contributed by atoms with Gasteiger partial charge in [-0.05, 0) is 36.4 Å². The van der Waals surface area contributed by atoms with Gasteiger partial charge in [0.2, 0.25) is 0 Å². The van der Waals surface area contributed by atoms with Crippen LogP contribution in [0.3, 0.4) is 0 Å². The van der Waals surface area contributed by atoms with Gasteiger partial charge in [-0.25, -0.2) is 9.78 Å². The molecule has 4 aromatic heterocycles. The van der Waals surface area contributed by atoms with E-state index in [1.165, 1.54) is 29.8 Å². The lowest BCUT2D eigenvalue weighted by Crippen LogP contribution is -2.07. The second kappa shape index (κ2) is 10.9. The van der Waals surface area contributed by atoms with Crippen molar-refractivity contribution in [1.29, 1.82) is 0 Å². The van der Waals surface area contributed by atoms with E-state index >= 15 is 0 Å². The van der Waals surface area contributed by atoms with Crippen molar-refractivity contribution in [2.45, 2.75) is 7.43 Å². The molecule has 0 unspecified atom stereocenters. The molecule has 0 aliphatic heterocycles. The van der Waals surface area contributed by atoms with Crippen molar-refractivity contribution in [3.63, 3.8) is 0 Å². The van der Waals surface area contributed by atoms with Crippen molar-refractivity contribution in [2.75, 3.05) is 12.8 Å². The molecule has 0 radical (unpaired) electrons. The Labute approximate surface area is 229 Å². The number of nitrogens with two attached hydrogens (primary N) is 1. The standard InChI is InChI=1S/C15H8ClN3OS.C10H8ClNO2S.CH4/c16-9-2-1-3-10-11(9)12-13(21-10)15(20)19-14(18-12)8-4-6-17-7-5-8;1-14-10(13)9-8(12)7-5(11)3-2-4-6(7)15-9;/h1-7H,(H,18,19,20);2-4H,12H2,1H3;1H4. The first-order valence-corrected chi connectivity index (χ1v) is 12.8. The Morgan fingerprint density at radius 3 is 2.22 bits per heavy atom. The van der Waals surface area contributed by atoms with Crippen molar-refractivity contribution >= 4 is 87.9 Å². The Morgan fingerprint density at radius 2 is 1.59 bits per heavy atom. The highest BCUT2D eigenvalue weighted by atomic mass is 35.5. The van der Waals surface area contributed by atoms with Crippen molar-refractivity contribution in [3.05, 3.63) is 86.2 Å². The first-order chi connectivity index (χ1) is 17.4. The summed E-state index contributed by atoms with van der Waals surface area (Å²) in [6.07, 6.45) is 3.33. The third kappa shape index (κ3) is 4.91. The van der Waals surface area contributed by atoms with E-state index in [0.717, 1.165) is 25.7 Å². The summed E-state index contributed by atoms with van der Waals surface area (Å²) in [5.41, 5.74) is 7.55. The number of halogens is 2. The van der Waals surface area contributed by atoms with E-state index < -0.39 is 5.97 Å². The highest BCUT2D eigenvalue weighted by Gasteiger charge is 2.18. The van der Waals surface area contributed by atoms with E-state index in [1.807, 2.05) is 30.3 Å². The van der Waals surface area contributed by atoms with E-state index in [2.05, 4.69) is 19.7 Å². The molecule has 6 aromatic rings. The fraction of sp³-hybridized carbons (Fsp3) is 0.0769. The number of nitrogen functional groups attached to an aromatic ring is 1. The zero-order chi connectivity index (χ0) is 25.4. The van der Waals surface area contributed by atoms with Crippen LogP contribution in [0.25, 0.3) is 41.8 Å². The SMILES string of the molecule is C.COC(=O)c1sc2cccc(Cl)c2c1N.O=c1[nH]c(-c2ccncc2)nc2c1sc1cccc(Cl)c12. The van der Waals surface area contributed by atoms with Gasteiger partial charge in [0.25, 0.3) is 5.56 Å². The first kappa shape index (κ1) is 26.6. The number of carbonyl (C=O) groups excluding carboxylic acids is 1. The van der Waals surface area contributed by atoms with E-state index in [9.17, 15) is 9.59 Å². The molecule has 0 spiro atoms. The Balaban J connectivity index is 0.000000178. The maximum Gasteiger partial charge on any atom is 0.350 e. The number of anilines is 1. The zero-order valence-electron chi connectivity index (χ0n) is 18.5. The van der Waals surface area contributed by atoms with Gasteiger partial charge in [0, 0.05) is 38.1 Å². The van der Waals surface area contributed by atoms with Crippen LogP contribution in [0.15, 0.2) is 65.7 Å². The van der Waals surface area contributed by atoms with Gasteiger partial charge in [-0.2, -0.15) is 0 Å². The topological polar surface area (TPSA) is 111 Å². The number of H-pyrrole nitrogens is 1. The number of thiophene rings is 2. The van der Waals surface area contributed by atoms with Crippen molar-refractivity contribution in [2.24, 2.45) is 0 Å². The third-order valence-corrected chi connectivity index (χ3v) is 8.25. The van der Waals surface area contributed by atoms with Crippen molar-refractivity contribution in [3.8, 4) is 11.4 Å². The van der Waals surface area contributed by atoms with Gasteiger partial charge in [0.15, 0.2) is 0 Å². The Bertz CT molecular complexity index is 1810. The smallest absolute Gasteiger partial charge is 0.350 e. The molecule has 2 aromatic carbocycles. The van der Waals surface area contributed by atoms with E-state index in [4.69, 9.17) is 28.9 Å². The Kier molecular flexibility index (Phi) is 7.79. The average molecular weight is 572 g/mol. The van der Waals surface area contributed by atoms with E-state index in [1.54, 1.807) is 30.6 Å². The number of pyridine rings is 1. The summed E-state index contributed by atoms with van der Waals surface area (Å²) in [7, 11) is 1.33. The molecule has 37 heavy (non-hydrogen) atoms. The fourth-order valence-corrected chi connectivity index (χ4v) is 6.46. The van der Waals surface area contributed by atoms with Gasteiger partial charge >= 0.3 is 5.97 Å². The number of fused-ring (bicyclic) bond motifs is 4. The molecule has 0 atom stereocenters. The molecular weight excluding hydrogens is 551 g/mol. The predicted octanol–water partition coefficient (Wildman–Crippen LogP) is 7.41. The van der Waals surface area contributed by atoms with Crippen LogP contribution < -0.4 is 11.3 Å². The first-order valence-electron chi connectivity index (χ1n) is 10.4. The lowest BCUT2D eigenvalue weighted by atomic mass is 10.2. The zero-order valence-corrected chi connectivity index (χ0v) is 21.7. The third-order valence-electron chi connectivity index (χ3n) is 5.33. The number of benzene rings is 2. The molecule has 0 saturated heterocycles. The van der Waals surface area contributed by atoms with Crippen LogP contribution in [0.5, 0.6) is 0 Å². The monoisotopic (exact) mass is 570 g/mol. The quantitative estimate of drug-likeness (QED) is 0.209. The van der Waals surface area contributed by atoms with Crippen LogP contribution in [-0.2, 0) is 4.74 Å². The molecule has 11 heteroatoms. The molecule has 0 saturated carbocycles. The number of aromatic amines is 1. The summed E-state index contributed by atoms with van der Waals surface area (Å²) in [6.45, 7) is 0. The van der Waals surface area contributed by atoms with Gasteiger partial charge in [-0.3, -0.25) is 9.78 Å². The highest BCUT2D eigenvalue weighted by Crippen LogP contribution is 2.38. The van der Waals surface area contributed by atoms with Crippen LogP contribution in [-0.4, -0.2) is 28.0 Å². The minimum absolute atomic E-state index is 0. The number of rotatable bonds is 2. The number of hydrogen-bond acceptors (Lipinski definition) is 8. The molecule has 0 aliphatic carbocycles. The molecule has 7 nitrogen and oxygen atoms in total. The minimum atomic E-state index is -0.426. The largest absolute Gasteiger partial charge is 0.465 e. The normalized spacial score (nSPS) is 10.7. The number of ether oxygens (including phenoxy) is 1. The summed E-state index contributed by atoms with van der Waals surface area (Å²) >= 11 is 15.0. The lowest BCUT2D eigenvalue weighted by molar-refractivity contribution is 0.0607. The lowest BCUT2D eigenvalue weighted by Gasteiger charge is -2.01. The average Bonchev–Trinajstić information content (AvgIpc) is 3.44. The van der Waals surface area contributed by atoms with Crippen LogP contribution in [0, 0.1) is 0 Å². The summed E-state index contributed by atoms with van der Waals surface area (Å²) in [6, 6.07) is 14.7. The maximum absolute atomic E-state index is 12.3. The molecule has 188 valence electrons. The van der Waals surface area contributed by atoms with E-state index in [-0.39, 0.29) is 13.0 Å². The number of methoxy groups -OCH3 is 1. The number of esters is 1. The van der Waals surface area contributed by atoms with Crippen LogP contribution in [0.4, 0.5) is 5.69 Å². The van der Waals surface area contributed by atoms with Crippen molar-refractivity contribution < 1.29 is 9.53 Å². The Morgan fingerprint density at radius 1 is 0.973 bits per heavy atom. The summed E-state index contributed by atoms with van der Waals surface area (Å²) in [5, 5.41) is 2.72. The molecule has 3 N–H and O–H groups in total. The molecule has 0 bridgehead atoms. The summed E-state index contributed by atoms with van der Waals surface area (Å²) < 4.78 is 7.08. The molecular formula is C26H20Cl2N4O3S2. The summed E-state index contributed by atoms with van der Waals surface area (Å²) in [5.74, 6) is 0.0966. The fourth-order valence-electron chi connectivity index (χ4n) is 3.68. The number of aromatic nitrogens is 3. The molecule has 6 rings (SSSR count). The van der Waals surface area contributed by atoms with Crippen LogP contribution in [0.1, 0.15) is 17.1 Å². The van der Waals surface area contributed by atoms with Gasteiger partial charge in [-0.15, -0.1) is 22.7 Å². The van der Waals surface area contributed by atoms with Crippen LogP contribution in [0.2, 0.25) is 10.0 Å². The number of carbonyl (C=O) groups is 1. The van der Waals surface area contributed by atoms with Gasteiger partial charge in [0.1, 0.15) is 15.4 Å². The number of nitrogens with zero attached hydrogens (tertiary/aromatic N) is 2. The maximum atomic E-state index is 12.3. The minimum Gasteiger partial charge on any atom is -0.465 e. The van der Waals surface area contributed by atoms with Gasteiger partial charge in [0.05, 0.1) is 28.4 Å². The predicted molar refractivity (Wildman–Crippen MR) is 155 cm³/mol. The molecule has 0 aliphatic rings. The molecule has 0 fully saturated rings.